The fourth-order valence-corrected chi connectivity index (χ4v) is 1.14. The normalized spacial score (nSPS) is 9.38. The minimum atomic E-state index is -0.139. The quantitative estimate of drug-likeness (QED) is 0.495. The molecule has 0 heterocycles. The maximum Gasteiger partial charge on any atom is 0.225 e. The van der Waals surface area contributed by atoms with Crippen LogP contribution in [0.25, 0.3) is 0 Å². The summed E-state index contributed by atoms with van der Waals surface area (Å²) in [4.78, 5) is 5.19. The fraction of sp³-hybridized carbons (Fsp3) is 0.200. The largest absolute Gasteiger partial charge is 0.497 e. The Morgan fingerprint density at radius 1 is 1.44 bits per heavy atom. The fourth-order valence-electron chi connectivity index (χ4n) is 1.14. The van der Waals surface area contributed by atoms with Crippen molar-refractivity contribution in [3.8, 4) is 5.75 Å². The predicted molar refractivity (Wildman–Crippen MR) is 64.9 cm³/mol. The standard InChI is InChI=1S/C10H15N5O/c1-15(10(13)14-9(11)12)7-4-3-5-8(6-7)16-2/h3-6H,1-2H3,(H5,11,12,13,14). The lowest BCUT2D eigenvalue weighted by atomic mass is 10.3. The molecule has 1 rings (SSSR count). The smallest absolute Gasteiger partial charge is 0.225 e. The van der Waals surface area contributed by atoms with Gasteiger partial charge in [-0.2, -0.15) is 4.99 Å². The van der Waals surface area contributed by atoms with Crippen molar-refractivity contribution < 1.29 is 4.74 Å². The number of hydrogen-bond donors (Lipinski definition) is 3. The summed E-state index contributed by atoms with van der Waals surface area (Å²) in [5, 5.41) is 7.63. The van der Waals surface area contributed by atoms with Gasteiger partial charge >= 0.3 is 0 Å². The van der Waals surface area contributed by atoms with Crippen LogP contribution in [0.1, 0.15) is 0 Å². The third kappa shape index (κ3) is 2.88. The van der Waals surface area contributed by atoms with E-state index in [0.29, 0.717) is 5.75 Å². The van der Waals surface area contributed by atoms with Gasteiger partial charge in [0.05, 0.1) is 7.11 Å². The van der Waals surface area contributed by atoms with Gasteiger partial charge in [0.15, 0.2) is 5.96 Å². The van der Waals surface area contributed by atoms with Crippen LogP contribution in [0.3, 0.4) is 0 Å². The molecule has 0 saturated heterocycles. The molecule has 6 heteroatoms. The first-order chi connectivity index (χ1) is 7.54. The Morgan fingerprint density at radius 2 is 2.12 bits per heavy atom. The summed E-state index contributed by atoms with van der Waals surface area (Å²) >= 11 is 0. The van der Waals surface area contributed by atoms with Crippen molar-refractivity contribution in [3.63, 3.8) is 0 Å². The number of rotatable bonds is 2. The second kappa shape index (κ2) is 5.01. The minimum Gasteiger partial charge on any atom is -0.497 e. The van der Waals surface area contributed by atoms with Gasteiger partial charge in [0, 0.05) is 18.8 Å². The summed E-state index contributed by atoms with van der Waals surface area (Å²) in [5.41, 5.74) is 11.2. The van der Waals surface area contributed by atoms with Crippen LogP contribution in [0.15, 0.2) is 29.3 Å². The molecule has 0 fully saturated rings. The van der Waals surface area contributed by atoms with E-state index in [-0.39, 0.29) is 11.9 Å². The molecule has 0 aromatic heterocycles. The molecule has 0 aliphatic heterocycles. The first kappa shape index (κ1) is 11.8. The molecule has 0 saturated carbocycles. The van der Waals surface area contributed by atoms with Crippen molar-refractivity contribution in [1.82, 2.24) is 0 Å². The average molecular weight is 221 g/mol. The molecule has 0 bridgehead atoms. The van der Waals surface area contributed by atoms with E-state index in [9.17, 15) is 0 Å². The summed E-state index contributed by atoms with van der Waals surface area (Å²) in [5.74, 6) is 0.537. The van der Waals surface area contributed by atoms with Crippen LogP contribution in [-0.4, -0.2) is 26.1 Å². The zero-order valence-electron chi connectivity index (χ0n) is 9.27. The topological polar surface area (TPSA) is 101 Å². The number of methoxy groups -OCH3 is 1. The number of benzene rings is 1. The van der Waals surface area contributed by atoms with Crippen LogP contribution in [0.2, 0.25) is 0 Å². The molecule has 0 radical (unpaired) electrons. The Kier molecular flexibility index (Phi) is 3.71. The van der Waals surface area contributed by atoms with Gasteiger partial charge in [0.25, 0.3) is 0 Å². The number of nitrogens with two attached hydrogens (primary N) is 2. The first-order valence-corrected chi connectivity index (χ1v) is 4.60. The second-order valence-electron chi connectivity index (χ2n) is 3.12. The van der Waals surface area contributed by atoms with Crippen molar-refractivity contribution in [2.75, 3.05) is 19.1 Å². The van der Waals surface area contributed by atoms with Gasteiger partial charge in [-0.25, -0.2) is 0 Å². The molecule has 16 heavy (non-hydrogen) atoms. The van der Waals surface area contributed by atoms with Crippen LogP contribution in [0.5, 0.6) is 5.75 Å². The van der Waals surface area contributed by atoms with Gasteiger partial charge in [-0.05, 0) is 12.1 Å². The molecule has 0 spiro atoms. The van der Waals surface area contributed by atoms with Crippen molar-refractivity contribution in [2.45, 2.75) is 0 Å². The Hall–Kier alpha value is -2.24. The van der Waals surface area contributed by atoms with E-state index in [1.807, 2.05) is 18.2 Å². The van der Waals surface area contributed by atoms with E-state index < -0.39 is 0 Å². The van der Waals surface area contributed by atoms with E-state index in [4.69, 9.17) is 21.6 Å². The highest BCUT2D eigenvalue weighted by Gasteiger charge is 2.06. The third-order valence-corrected chi connectivity index (χ3v) is 1.99. The van der Waals surface area contributed by atoms with Gasteiger partial charge in [-0.3, -0.25) is 5.41 Å². The molecule has 0 amide bonds. The van der Waals surface area contributed by atoms with Crippen LogP contribution in [0, 0.1) is 5.41 Å². The molecule has 6 nitrogen and oxygen atoms in total. The molecule has 1 aromatic carbocycles. The molecule has 0 atom stereocenters. The van der Waals surface area contributed by atoms with Crippen LogP contribution < -0.4 is 21.1 Å². The maximum atomic E-state index is 7.63. The SMILES string of the molecule is COc1cccc(N(C)C(=N)N=C(N)N)c1. The second-order valence-corrected chi connectivity index (χ2v) is 3.12. The van der Waals surface area contributed by atoms with Gasteiger partial charge < -0.3 is 21.1 Å². The van der Waals surface area contributed by atoms with Gasteiger partial charge in [0.2, 0.25) is 5.96 Å². The number of nitrogens with zero attached hydrogens (tertiary/aromatic N) is 2. The molecule has 5 N–H and O–H groups in total. The maximum absolute atomic E-state index is 7.63. The Balaban J connectivity index is 2.91. The molecule has 0 unspecified atom stereocenters. The summed E-state index contributed by atoms with van der Waals surface area (Å²) < 4.78 is 5.08. The predicted octanol–water partition coefficient (Wildman–Crippen LogP) is 0.340. The van der Waals surface area contributed by atoms with E-state index in [0.717, 1.165) is 5.69 Å². The number of guanidine groups is 2. The van der Waals surface area contributed by atoms with Crippen molar-refractivity contribution in [2.24, 2.45) is 16.5 Å². The highest BCUT2D eigenvalue weighted by Crippen LogP contribution is 2.19. The number of anilines is 1. The zero-order chi connectivity index (χ0) is 12.1. The van der Waals surface area contributed by atoms with Gasteiger partial charge in [-0.1, -0.05) is 6.07 Å². The summed E-state index contributed by atoms with van der Waals surface area (Å²) in [7, 11) is 3.28. The van der Waals surface area contributed by atoms with Crippen LogP contribution >= 0.6 is 0 Å². The highest BCUT2D eigenvalue weighted by atomic mass is 16.5. The van der Waals surface area contributed by atoms with Crippen LogP contribution in [-0.2, 0) is 0 Å². The molecule has 0 aliphatic rings. The lowest BCUT2D eigenvalue weighted by Gasteiger charge is -2.17. The van der Waals surface area contributed by atoms with Crippen molar-refractivity contribution in [1.29, 1.82) is 5.41 Å². The third-order valence-electron chi connectivity index (χ3n) is 1.99. The van der Waals surface area contributed by atoms with Gasteiger partial charge in [-0.15, -0.1) is 0 Å². The Labute approximate surface area is 94.0 Å². The molecular weight excluding hydrogens is 206 g/mol. The summed E-state index contributed by atoms with van der Waals surface area (Å²) in [6.07, 6.45) is 0. The van der Waals surface area contributed by atoms with E-state index in [1.165, 1.54) is 0 Å². The minimum absolute atomic E-state index is 0.0340. The summed E-state index contributed by atoms with van der Waals surface area (Å²) in [6, 6.07) is 7.27. The van der Waals surface area contributed by atoms with E-state index in [2.05, 4.69) is 4.99 Å². The number of ether oxygens (including phenoxy) is 1. The average Bonchev–Trinajstić information content (AvgIpc) is 2.27. The van der Waals surface area contributed by atoms with Crippen molar-refractivity contribution in [3.05, 3.63) is 24.3 Å². The lowest BCUT2D eigenvalue weighted by molar-refractivity contribution is 0.415. The molecule has 86 valence electrons. The molecule has 0 aliphatic carbocycles. The number of nitrogens with one attached hydrogen (secondary N) is 1. The van der Waals surface area contributed by atoms with E-state index >= 15 is 0 Å². The number of aliphatic imine (C=N–C) groups is 1. The Morgan fingerprint density at radius 3 is 2.69 bits per heavy atom. The molecular formula is C10H15N5O. The van der Waals surface area contributed by atoms with Gasteiger partial charge in [0.1, 0.15) is 5.75 Å². The lowest BCUT2D eigenvalue weighted by Crippen LogP contribution is -2.30. The monoisotopic (exact) mass is 221 g/mol. The Bertz CT molecular complexity index is 411. The first-order valence-electron chi connectivity index (χ1n) is 4.60. The van der Waals surface area contributed by atoms with Crippen molar-refractivity contribution >= 4 is 17.6 Å². The summed E-state index contributed by atoms with van der Waals surface area (Å²) in [6.45, 7) is 0. The molecule has 1 aromatic rings. The van der Waals surface area contributed by atoms with Crippen LogP contribution in [0.4, 0.5) is 5.69 Å². The number of hydrogen-bond acceptors (Lipinski definition) is 2. The zero-order valence-corrected chi connectivity index (χ0v) is 9.27. The highest BCUT2D eigenvalue weighted by molar-refractivity contribution is 6.00. The van der Waals surface area contributed by atoms with E-state index in [1.54, 1.807) is 25.1 Å².